The van der Waals surface area contributed by atoms with Crippen molar-refractivity contribution in [2.75, 3.05) is 33.2 Å². The van der Waals surface area contributed by atoms with Gasteiger partial charge in [-0.1, -0.05) is 38.0 Å². The monoisotopic (exact) mass is 708 g/mol. The van der Waals surface area contributed by atoms with Crippen LogP contribution in [0.3, 0.4) is 0 Å². The van der Waals surface area contributed by atoms with E-state index < -0.39 is 56.6 Å². The average Bonchev–Trinajstić information content (AvgIpc) is 4.03. The zero-order valence-corrected chi connectivity index (χ0v) is 29.8. The second kappa shape index (κ2) is 14.6. The number of benzene rings is 1. The summed E-state index contributed by atoms with van der Waals surface area (Å²) in [6, 6.07) is 6.71. The number of pyridine rings is 1. The fourth-order valence-electron chi connectivity index (χ4n) is 7.26. The van der Waals surface area contributed by atoms with Crippen molar-refractivity contribution >= 4 is 44.5 Å². The Balaban J connectivity index is 1.33. The molecule has 5 amide bonds. The van der Waals surface area contributed by atoms with Crippen molar-refractivity contribution in [3.05, 3.63) is 48.7 Å². The minimum atomic E-state index is -3.88. The molecule has 4 aliphatic rings. The van der Waals surface area contributed by atoms with Gasteiger partial charge in [0.15, 0.2) is 0 Å². The van der Waals surface area contributed by atoms with E-state index in [2.05, 4.69) is 33.7 Å². The summed E-state index contributed by atoms with van der Waals surface area (Å²) < 4.78 is 34.5. The number of fused-ring (bicyclic) bond motifs is 3. The van der Waals surface area contributed by atoms with Gasteiger partial charge in [-0.05, 0) is 68.0 Å². The van der Waals surface area contributed by atoms with E-state index in [0.717, 1.165) is 42.0 Å². The predicted octanol–water partition coefficient (Wildman–Crippen LogP) is 3.13. The van der Waals surface area contributed by atoms with Crippen molar-refractivity contribution in [3.8, 4) is 5.88 Å². The third-order valence-electron chi connectivity index (χ3n) is 10.5. The van der Waals surface area contributed by atoms with E-state index in [0.29, 0.717) is 38.1 Å². The number of urea groups is 1. The first-order valence-corrected chi connectivity index (χ1v) is 19.4. The molecule has 6 rings (SSSR count). The number of carbonyl (C=O) groups excluding carboxylic acids is 4. The van der Waals surface area contributed by atoms with Gasteiger partial charge in [-0.3, -0.25) is 19.1 Å². The molecule has 2 unspecified atom stereocenters. The Kier molecular flexibility index (Phi) is 10.4. The molecule has 14 heteroatoms. The number of ether oxygens (including phenoxy) is 1. The predicted molar refractivity (Wildman–Crippen MR) is 188 cm³/mol. The number of carbonyl (C=O) groups is 4. The smallest absolute Gasteiger partial charge is 0.317 e. The second-order valence-corrected chi connectivity index (χ2v) is 16.1. The molecular formula is C36H48N6O7S. The van der Waals surface area contributed by atoms with E-state index >= 15 is 0 Å². The highest BCUT2D eigenvalue weighted by molar-refractivity contribution is 7.91. The van der Waals surface area contributed by atoms with Crippen LogP contribution in [0.25, 0.3) is 10.8 Å². The highest BCUT2D eigenvalue weighted by Crippen LogP contribution is 2.51. The van der Waals surface area contributed by atoms with Crippen LogP contribution >= 0.6 is 0 Å². The van der Waals surface area contributed by atoms with E-state index in [-0.39, 0.29) is 38.5 Å². The molecule has 4 atom stereocenters. The van der Waals surface area contributed by atoms with E-state index in [4.69, 9.17) is 4.74 Å². The van der Waals surface area contributed by atoms with Crippen LogP contribution in [0.2, 0.25) is 0 Å². The van der Waals surface area contributed by atoms with Crippen molar-refractivity contribution in [2.24, 2.45) is 5.92 Å². The highest BCUT2D eigenvalue weighted by Gasteiger charge is 2.65. The van der Waals surface area contributed by atoms with Crippen LogP contribution in [-0.4, -0.2) is 108 Å². The highest BCUT2D eigenvalue weighted by atomic mass is 32.2. The summed E-state index contributed by atoms with van der Waals surface area (Å²) in [7, 11) is -2.19. The molecule has 2 N–H and O–H groups in total. The number of nitrogens with zero attached hydrogens (tertiary/aromatic N) is 4. The Morgan fingerprint density at radius 1 is 1.20 bits per heavy atom. The van der Waals surface area contributed by atoms with Gasteiger partial charge in [0, 0.05) is 44.1 Å². The summed E-state index contributed by atoms with van der Waals surface area (Å²) >= 11 is 0. The van der Waals surface area contributed by atoms with Crippen molar-refractivity contribution < 1.29 is 32.3 Å². The lowest BCUT2D eigenvalue weighted by molar-refractivity contribution is -0.149. The maximum atomic E-state index is 14.8. The van der Waals surface area contributed by atoms with Crippen LogP contribution in [-0.2, 0) is 30.8 Å². The number of sulfonamides is 1. The number of hydrogen-bond acceptors (Lipinski definition) is 8. The van der Waals surface area contributed by atoms with Gasteiger partial charge in [-0.25, -0.2) is 18.2 Å². The molecule has 2 aliphatic carbocycles. The van der Waals surface area contributed by atoms with E-state index in [9.17, 15) is 27.6 Å². The number of hydrogen-bond donors (Lipinski definition) is 2. The number of nitrogens with one attached hydrogen (secondary N) is 2. The molecule has 1 aromatic carbocycles. The van der Waals surface area contributed by atoms with Gasteiger partial charge in [-0.2, -0.15) is 0 Å². The number of unbranched alkanes of at least 4 members (excludes halogenated alkanes) is 1. The maximum Gasteiger partial charge on any atom is 0.317 e. The molecule has 3 fully saturated rings. The van der Waals surface area contributed by atoms with Crippen LogP contribution in [0.15, 0.2) is 43.1 Å². The van der Waals surface area contributed by atoms with Gasteiger partial charge >= 0.3 is 6.03 Å². The first kappa shape index (κ1) is 35.6. The molecule has 13 nitrogen and oxygen atoms in total. The van der Waals surface area contributed by atoms with E-state index in [1.165, 1.54) is 9.80 Å². The minimum absolute atomic E-state index is 0.0560. The molecule has 4 bridgehead atoms. The maximum absolute atomic E-state index is 14.8. The third-order valence-corrected chi connectivity index (χ3v) is 12.3. The Morgan fingerprint density at radius 2 is 2.00 bits per heavy atom. The molecule has 0 radical (unpaired) electrons. The lowest BCUT2D eigenvalue weighted by Gasteiger charge is -2.36. The fraction of sp³-hybridized carbons (Fsp3) is 0.583. The Hall–Kier alpha value is -4.20. The van der Waals surface area contributed by atoms with Crippen LogP contribution < -0.4 is 14.8 Å². The van der Waals surface area contributed by atoms with Gasteiger partial charge in [0.1, 0.15) is 17.7 Å². The zero-order valence-electron chi connectivity index (χ0n) is 28.9. The fourth-order valence-corrected chi connectivity index (χ4v) is 8.62. The quantitative estimate of drug-likeness (QED) is 0.376. The van der Waals surface area contributed by atoms with E-state index in [1.807, 2.05) is 19.1 Å². The molecule has 270 valence electrons. The molecule has 50 heavy (non-hydrogen) atoms. The lowest BCUT2D eigenvalue weighted by atomic mass is 10.0. The van der Waals surface area contributed by atoms with Gasteiger partial charge in [-0.15, -0.1) is 6.58 Å². The summed E-state index contributed by atoms with van der Waals surface area (Å²) in [5.74, 6) is -1.73. The van der Waals surface area contributed by atoms with E-state index in [1.54, 1.807) is 24.2 Å². The normalized spacial score (nSPS) is 26.1. The Labute approximate surface area is 293 Å². The third kappa shape index (κ3) is 7.31. The van der Waals surface area contributed by atoms with Crippen LogP contribution in [0.5, 0.6) is 5.88 Å². The van der Waals surface area contributed by atoms with Crippen molar-refractivity contribution in [2.45, 2.75) is 94.1 Å². The molecule has 2 aliphatic heterocycles. The number of aryl methyl sites for hydroxylation is 1. The van der Waals surface area contributed by atoms with Gasteiger partial charge in [0.05, 0.1) is 18.3 Å². The van der Waals surface area contributed by atoms with Crippen molar-refractivity contribution in [3.63, 3.8) is 0 Å². The number of rotatable bonds is 9. The van der Waals surface area contributed by atoms with Crippen LogP contribution in [0, 0.1) is 5.92 Å². The molecule has 0 spiro atoms. The summed E-state index contributed by atoms with van der Waals surface area (Å²) in [6.07, 6.45) is 8.78. The summed E-state index contributed by atoms with van der Waals surface area (Å²) in [6.45, 7) is 6.28. The molecule has 1 aromatic heterocycles. The number of amides is 5. The van der Waals surface area contributed by atoms with Crippen LogP contribution in [0.1, 0.15) is 70.3 Å². The lowest BCUT2D eigenvalue weighted by Crippen LogP contribution is -2.59. The second-order valence-electron chi connectivity index (χ2n) is 14.1. The molecule has 3 heterocycles. The summed E-state index contributed by atoms with van der Waals surface area (Å²) in [5, 5.41) is 3.89. The minimum Gasteiger partial charge on any atom is -0.472 e. The average molecular weight is 709 g/mol. The Morgan fingerprint density at radius 3 is 2.72 bits per heavy atom. The molecular weight excluding hydrogens is 660 g/mol. The summed E-state index contributed by atoms with van der Waals surface area (Å²) in [4.78, 5) is 64.4. The molecule has 2 saturated carbocycles. The number of aromatic nitrogens is 1. The van der Waals surface area contributed by atoms with Gasteiger partial charge < -0.3 is 24.8 Å². The molecule has 1 saturated heterocycles. The topological polar surface area (TPSA) is 158 Å². The van der Waals surface area contributed by atoms with Crippen LogP contribution in [0.4, 0.5) is 4.79 Å². The largest absolute Gasteiger partial charge is 0.472 e. The molecule has 2 aromatic rings. The van der Waals surface area contributed by atoms with Crippen molar-refractivity contribution in [1.29, 1.82) is 0 Å². The SMILES string of the molecule is C=C[C@@H]1C[C@@]1(C(=O)NS(=O)(=O)C1CC1)N(CCCC)C(=O)C1CC2CN1C(=O)CNC(=O)N(C)CCCCCc1ccc3ccnc(c3c1)O2. The van der Waals surface area contributed by atoms with Gasteiger partial charge in [0.25, 0.3) is 5.91 Å². The zero-order chi connectivity index (χ0) is 35.6. The first-order chi connectivity index (χ1) is 24.0. The first-order valence-electron chi connectivity index (χ1n) is 17.8. The Bertz CT molecular complexity index is 1760. The summed E-state index contributed by atoms with van der Waals surface area (Å²) in [5.41, 5.74) is -0.306. The van der Waals surface area contributed by atoms with Crippen molar-refractivity contribution in [1.82, 2.24) is 29.7 Å². The van der Waals surface area contributed by atoms with Gasteiger partial charge in [0.2, 0.25) is 27.7 Å². The standard InChI is InChI=1S/C36H48N6O7S/c1-4-6-18-42(36(21-26(36)5-2)34(45)39-50(47,48)28-13-14-28)33(44)30-20-27-23-41(30)31(43)22-38-35(46)40(3)17-9-7-8-10-24-11-12-25-15-16-37-32(49-27)29(25)19-24/h5,11-12,15-16,19,26-28,30H,2,4,6-10,13-14,17-18,20-23H2,1,3H3,(H,38,46)(H,39,45)/t26-,27?,30?,36-/m1/s1.